The molecule has 0 spiro atoms. The standard InChI is InChI=1S/C14H10ClFN2/c15-11-2-1-3-12-14(11)18-13(17-12)8-9-4-6-10(16)7-5-9/h1-7H,8H2,(H,17,18). The molecule has 4 heteroatoms. The highest BCUT2D eigenvalue weighted by Crippen LogP contribution is 2.21. The average Bonchev–Trinajstić information content (AvgIpc) is 2.76. The lowest BCUT2D eigenvalue weighted by molar-refractivity contribution is 0.627. The Bertz CT molecular complexity index is 689. The molecule has 0 amide bonds. The van der Waals surface area contributed by atoms with Crippen LogP contribution < -0.4 is 0 Å². The first-order valence-corrected chi connectivity index (χ1v) is 5.98. The number of para-hydroxylation sites is 1. The van der Waals surface area contributed by atoms with E-state index in [0.717, 1.165) is 22.4 Å². The number of aromatic nitrogens is 2. The van der Waals surface area contributed by atoms with E-state index in [1.165, 1.54) is 12.1 Å². The van der Waals surface area contributed by atoms with E-state index in [2.05, 4.69) is 9.97 Å². The molecule has 3 aromatic rings. The van der Waals surface area contributed by atoms with Crippen molar-refractivity contribution in [1.29, 1.82) is 0 Å². The number of nitrogens with zero attached hydrogens (tertiary/aromatic N) is 1. The molecule has 0 bridgehead atoms. The van der Waals surface area contributed by atoms with Gasteiger partial charge < -0.3 is 4.98 Å². The van der Waals surface area contributed by atoms with Crippen LogP contribution in [0.3, 0.4) is 0 Å². The number of hydrogen-bond acceptors (Lipinski definition) is 1. The summed E-state index contributed by atoms with van der Waals surface area (Å²) in [6.45, 7) is 0. The van der Waals surface area contributed by atoms with Gasteiger partial charge in [-0.15, -0.1) is 0 Å². The third kappa shape index (κ3) is 2.09. The first-order chi connectivity index (χ1) is 8.72. The summed E-state index contributed by atoms with van der Waals surface area (Å²) in [4.78, 5) is 7.66. The van der Waals surface area contributed by atoms with Crippen molar-refractivity contribution in [3.05, 3.63) is 64.7 Å². The number of hydrogen-bond donors (Lipinski definition) is 1. The first kappa shape index (κ1) is 11.2. The fraction of sp³-hybridized carbons (Fsp3) is 0.0714. The van der Waals surface area contributed by atoms with Crippen LogP contribution in [0.2, 0.25) is 5.02 Å². The summed E-state index contributed by atoms with van der Waals surface area (Å²) < 4.78 is 12.8. The largest absolute Gasteiger partial charge is 0.342 e. The SMILES string of the molecule is Fc1ccc(Cc2nc3c(Cl)cccc3[nH]2)cc1. The minimum atomic E-state index is -0.230. The summed E-state index contributed by atoms with van der Waals surface area (Å²) >= 11 is 6.06. The summed E-state index contributed by atoms with van der Waals surface area (Å²) in [6.07, 6.45) is 0.630. The summed E-state index contributed by atoms with van der Waals surface area (Å²) in [5.74, 6) is 0.594. The van der Waals surface area contributed by atoms with E-state index in [0.29, 0.717) is 11.4 Å². The lowest BCUT2D eigenvalue weighted by Crippen LogP contribution is -1.90. The Morgan fingerprint density at radius 2 is 1.89 bits per heavy atom. The number of rotatable bonds is 2. The van der Waals surface area contributed by atoms with Gasteiger partial charge in [-0.3, -0.25) is 0 Å². The maximum absolute atomic E-state index is 12.8. The summed E-state index contributed by atoms with van der Waals surface area (Å²) in [7, 11) is 0. The summed E-state index contributed by atoms with van der Waals surface area (Å²) in [5, 5.41) is 0.633. The Balaban J connectivity index is 1.95. The van der Waals surface area contributed by atoms with Gasteiger partial charge in [-0.2, -0.15) is 0 Å². The fourth-order valence-electron chi connectivity index (χ4n) is 1.93. The van der Waals surface area contributed by atoms with E-state index in [4.69, 9.17) is 11.6 Å². The smallest absolute Gasteiger partial charge is 0.123 e. The van der Waals surface area contributed by atoms with Crippen LogP contribution >= 0.6 is 11.6 Å². The Morgan fingerprint density at radius 3 is 2.61 bits per heavy atom. The van der Waals surface area contributed by atoms with Gasteiger partial charge in [-0.1, -0.05) is 29.8 Å². The number of imidazole rings is 1. The average molecular weight is 261 g/mol. The number of nitrogens with one attached hydrogen (secondary N) is 1. The van der Waals surface area contributed by atoms with Gasteiger partial charge in [0.1, 0.15) is 17.2 Å². The lowest BCUT2D eigenvalue weighted by Gasteiger charge is -1.97. The van der Waals surface area contributed by atoms with Crippen LogP contribution in [0.1, 0.15) is 11.4 Å². The second kappa shape index (κ2) is 4.42. The third-order valence-corrected chi connectivity index (χ3v) is 3.10. The Labute approximate surface area is 108 Å². The quantitative estimate of drug-likeness (QED) is 0.743. The van der Waals surface area contributed by atoms with Crippen LogP contribution in [-0.2, 0) is 6.42 Å². The number of fused-ring (bicyclic) bond motifs is 1. The number of H-pyrrole nitrogens is 1. The predicted molar refractivity (Wildman–Crippen MR) is 70.3 cm³/mol. The molecule has 0 aliphatic heterocycles. The van der Waals surface area contributed by atoms with Crippen molar-refractivity contribution in [2.75, 3.05) is 0 Å². The first-order valence-electron chi connectivity index (χ1n) is 5.60. The Hall–Kier alpha value is -1.87. The Kier molecular flexibility index (Phi) is 2.76. The number of halogens is 2. The second-order valence-electron chi connectivity index (χ2n) is 4.12. The van der Waals surface area contributed by atoms with Gasteiger partial charge in [0.15, 0.2) is 0 Å². The highest BCUT2D eigenvalue weighted by Gasteiger charge is 2.06. The van der Waals surface area contributed by atoms with Gasteiger partial charge in [0, 0.05) is 6.42 Å². The minimum absolute atomic E-state index is 0.230. The molecule has 1 heterocycles. The zero-order valence-corrected chi connectivity index (χ0v) is 10.2. The molecule has 0 saturated carbocycles. The number of aromatic amines is 1. The molecule has 0 aliphatic carbocycles. The second-order valence-corrected chi connectivity index (χ2v) is 4.53. The molecule has 2 aromatic carbocycles. The molecule has 0 atom stereocenters. The van der Waals surface area contributed by atoms with Gasteiger partial charge >= 0.3 is 0 Å². The molecule has 2 nitrogen and oxygen atoms in total. The molecule has 1 aromatic heterocycles. The molecule has 1 N–H and O–H groups in total. The molecule has 18 heavy (non-hydrogen) atoms. The van der Waals surface area contributed by atoms with E-state index >= 15 is 0 Å². The van der Waals surface area contributed by atoms with Crippen molar-refractivity contribution >= 4 is 22.6 Å². The van der Waals surface area contributed by atoms with Crippen LogP contribution in [0.4, 0.5) is 4.39 Å². The highest BCUT2D eigenvalue weighted by atomic mass is 35.5. The van der Waals surface area contributed by atoms with Crippen LogP contribution in [-0.4, -0.2) is 9.97 Å². The van der Waals surface area contributed by atoms with Crippen LogP contribution in [0, 0.1) is 5.82 Å². The molecular formula is C14H10ClFN2. The van der Waals surface area contributed by atoms with E-state index in [-0.39, 0.29) is 5.82 Å². The molecule has 90 valence electrons. The number of benzene rings is 2. The topological polar surface area (TPSA) is 28.7 Å². The lowest BCUT2D eigenvalue weighted by atomic mass is 10.1. The van der Waals surface area contributed by atoms with Crippen molar-refractivity contribution in [3.8, 4) is 0 Å². The zero-order valence-electron chi connectivity index (χ0n) is 9.45. The van der Waals surface area contributed by atoms with Crippen molar-refractivity contribution < 1.29 is 4.39 Å². The molecule has 0 unspecified atom stereocenters. The van der Waals surface area contributed by atoms with Gasteiger partial charge in [0.2, 0.25) is 0 Å². The van der Waals surface area contributed by atoms with E-state index < -0.39 is 0 Å². The van der Waals surface area contributed by atoms with Crippen molar-refractivity contribution in [2.24, 2.45) is 0 Å². The maximum atomic E-state index is 12.8. The van der Waals surface area contributed by atoms with Crippen molar-refractivity contribution in [2.45, 2.75) is 6.42 Å². The molecular weight excluding hydrogens is 251 g/mol. The van der Waals surface area contributed by atoms with Crippen LogP contribution in [0.5, 0.6) is 0 Å². The van der Waals surface area contributed by atoms with Crippen LogP contribution in [0.15, 0.2) is 42.5 Å². The minimum Gasteiger partial charge on any atom is -0.342 e. The predicted octanol–water partition coefficient (Wildman–Crippen LogP) is 3.95. The summed E-state index contributed by atoms with van der Waals surface area (Å²) in [6, 6.07) is 12.0. The summed E-state index contributed by atoms with van der Waals surface area (Å²) in [5.41, 5.74) is 2.70. The fourth-order valence-corrected chi connectivity index (χ4v) is 2.14. The molecule has 0 aliphatic rings. The molecule has 0 radical (unpaired) electrons. The third-order valence-electron chi connectivity index (χ3n) is 2.80. The van der Waals surface area contributed by atoms with Gasteiger partial charge in [-0.05, 0) is 29.8 Å². The van der Waals surface area contributed by atoms with E-state index in [1.807, 2.05) is 18.2 Å². The highest BCUT2D eigenvalue weighted by molar-refractivity contribution is 6.34. The van der Waals surface area contributed by atoms with Crippen molar-refractivity contribution in [3.63, 3.8) is 0 Å². The normalized spacial score (nSPS) is 11.0. The van der Waals surface area contributed by atoms with Gasteiger partial charge in [0.05, 0.1) is 10.5 Å². The molecule has 3 rings (SSSR count). The van der Waals surface area contributed by atoms with Gasteiger partial charge in [-0.25, -0.2) is 9.37 Å². The van der Waals surface area contributed by atoms with Crippen molar-refractivity contribution in [1.82, 2.24) is 9.97 Å². The van der Waals surface area contributed by atoms with Gasteiger partial charge in [0.25, 0.3) is 0 Å². The monoisotopic (exact) mass is 260 g/mol. The van der Waals surface area contributed by atoms with E-state index in [9.17, 15) is 4.39 Å². The Morgan fingerprint density at radius 1 is 1.11 bits per heavy atom. The maximum Gasteiger partial charge on any atom is 0.123 e. The van der Waals surface area contributed by atoms with E-state index in [1.54, 1.807) is 12.1 Å². The molecule has 0 fully saturated rings. The zero-order chi connectivity index (χ0) is 12.5. The molecule has 0 saturated heterocycles. The van der Waals surface area contributed by atoms with Crippen LogP contribution in [0.25, 0.3) is 11.0 Å².